The number of halogens is 1. The lowest BCUT2D eigenvalue weighted by atomic mass is 9.96. The van der Waals surface area contributed by atoms with Crippen LogP contribution in [0.25, 0.3) is 0 Å². The molecule has 1 fully saturated rings. The van der Waals surface area contributed by atoms with Crippen LogP contribution in [0.2, 0.25) is 0 Å². The zero-order chi connectivity index (χ0) is 12.8. The van der Waals surface area contributed by atoms with Gasteiger partial charge in [-0.3, -0.25) is 4.79 Å². The van der Waals surface area contributed by atoms with Crippen LogP contribution >= 0.6 is 15.9 Å². The summed E-state index contributed by atoms with van der Waals surface area (Å²) in [6, 6.07) is 3.63. The number of nitrogens with zero attached hydrogens (tertiary/aromatic N) is 1. The Hall–Kier alpha value is -0.940. The van der Waals surface area contributed by atoms with E-state index in [-0.39, 0.29) is 5.91 Å². The van der Waals surface area contributed by atoms with Gasteiger partial charge in [-0.25, -0.2) is 4.98 Å². The summed E-state index contributed by atoms with van der Waals surface area (Å²) >= 11 is 3.33. The van der Waals surface area contributed by atoms with Gasteiger partial charge in [0.2, 0.25) is 0 Å². The number of piperidine rings is 1. The highest BCUT2D eigenvalue weighted by Gasteiger charge is 2.14. The van der Waals surface area contributed by atoms with Crippen LogP contribution in [0.4, 0.5) is 0 Å². The number of rotatable bonds is 4. The van der Waals surface area contributed by atoms with Gasteiger partial charge in [-0.15, -0.1) is 0 Å². The van der Waals surface area contributed by atoms with Crippen molar-refractivity contribution in [1.82, 2.24) is 15.6 Å². The predicted octanol–water partition coefficient (Wildman–Crippen LogP) is 1.96. The second-order valence-corrected chi connectivity index (χ2v) is 5.45. The lowest BCUT2D eigenvalue weighted by molar-refractivity contribution is 0.0945. The van der Waals surface area contributed by atoms with Crippen molar-refractivity contribution in [2.24, 2.45) is 5.92 Å². The van der Waals surface area contributed by atoms with E-state index in [0.29, 0.717) is 18.2 Å². The minimum atomic E-state index is -0.105. The van der Waals surface area contributed by atoms with E-state index in [0.717, 1.165) is 24.0 Å². The molecule has 2 N–H and O–H groups in total. The highest BCUT2D eigenvalue weighted by atomic mass is 79.9. The fourth-order valence-corrected chi connectivity index (χ4v) is 2.63. The summed E-state index contributed by atoms with van der Waals surface area (Å²) in [7, 11) is 0. The Morgan fingerprint density at radius 3 is 3.22 bits per heavy atom. The van der Waals surface area contributed by atoms with Crippen molar-refractivity contribution in [3.05, 3.63) is 28.5 Å². The average Bonchev–Trinajstić information content (AvgIpc) is 2.40. The van der Waals surface area contributed by atoms with Crippen molar-refractivity contribution >= 4 is 21.8 Å². The van der Waals surface area contributed by atoms with Gasteiger partial charge in [0, 0.05) is 17.2 Å². The van der Waals surface area contributed by atoms with Gasteiger partial charge in [0.1, 0.15) is 5.69 Å². The molecule has 1 saturated heterocycles. The van der Waals surface area contributed by atoms with Gasteiger partial charge in [0.25, 0.3) is 5.91 Å². The average molecular weight is 312 g/mol. The van der Waals surface area contributed by atoms with E-state index < -0.39 is 0 Å². The zero-order valence-corrected chi connectivity index (χ0v) is 11.9. The van der Waals surface area contributed by atoms with E-state index >= 15 is 0 Å². The number of amides is 1. The fraction of sp³-hybridized carbons (Fsp3) is 0.538. The summed E-state index contributed by atoms with van der Waals surface area (Å²) in [6.45, 7) is 2.92. The number of nitrogens with one attached hydrogen (secondary N) is 2. The van der Waals surface area contributed by atoms with Crippen molar-refractivity contribution in [3.8, 4) is 0 Å². The molecule has 1 aromatic heterocycles. The second kappa shape index (κ2) is 6.85. The SMILES string of the molecule is O=C(NCCC1CCCNC1)c1ncccc1Br. The molecule has 1 aliphatic rings. The highest BCUT2D eigenvalue weighted by molar-refractivity contribution is 9.10. The topological polar surface area (TPSA) is 54.0 Å². The highest BCUT2D eigenvalue weighted by Crippen LogP contribution is 2.14. The Morgan fingerprint density at radius 2 is 2.50 bits per heavy atom. The summed E-state index contributed by atoms with van der Waals surface area (Å²) < 4.78 is 0.738. The number of carbonyl (C=O) groups is 1. The normalized spacial score (nSPS) is 19.5. The number of aromatic nitrogens is 1. The first-order chi connectivity index (χ1) is 8.77. The quantitative estimate of drug-likeness (QED) is 0.894. The molecule has 0 spiro atoms. The van der Waals surface area contributed by atoms with E-state index in [1.165, 1.54) is 12.8 Å². The maximum Gasteiger partial charge on any atom is 0.271 e. The first kappa shape index (κ1) is 13.5. The molecule has 1 atom stereocenters. The van der Waals surface area contributed by atoms with Crippen molar-refractivity contribution in [2.45, 2.75) is 19.3 Å². The third-order valence-corrected chi connectivity index (χ3v) is 3.85. The second-order valence-electron chi connectivity index (χ2n) is 4.59. The molecule has 18 heavy (non-hydrogen) atoms. The monoisotopic (exact) mass is 311 g/mol. The Kier molecular flexibility index (Phi) is 5.13. The molecule has 2 heterocycles. The lowest BCUT2D eigenvalue weighted by Crippen LogP contribution is -2.33. The van der Waals surface area contributed by atoms with Crippen LogP contribution in [0.15, 0.2) is 22.8 Å². The smallest absolute Gasteiger partial charge is 0.271 e. The number of carbonyl (C=O) groups excluding carboxylic acids is 1. The van der Waals surface area contributed by atoms with E-state index in [2.05, 4.69) is 31.5 Å². The van der Waals surface area contributed by atoms with Gasteiger partial charge in [-0.2, -0.15) is 0 Å². The number of hydrogen-bond acceptors (Lipinski definition) is 3. The van der Waals surface area contributed by atoms with Crippen molar-refractivity contribution in [1.29, 1.82) is 0 Å². The molecule has 2 rings (SSSR count). The van der Waals surface area contributed by atoms with Crippen LogP contribution in [-0.4, -0.2) is 30.5 Å². The molecule has 5 heteroatoms. The van der Waals surface area contributed by atoms with Crippen LogP contribution in [0.1, 0.15) is 29.8 Å². The van der Waals surface area contributed by atoms with Gasteiger partial charge in [0.05, 0.1) is 0 Å². The summed E-state index contributed by atoms with van der Waals surface area (Å²) in [5.74, 6) is 0.581. The lowest BCUT2D eigenvalue weighted by Gasteiger charge is -2.22. The van der Waals surface area contributed by atoms with Crippen molar-refractivity contribution < 1.29 is 4.79 Å². The van der Waals surface area contributed by atoms with E-state index in [4.69, 9.17) is 0 Å². The molecule has 0 radical (unpaired) electrons. The maximum absolute atomic E-state index is 11.9. The van der Waals surface area contributed by atoms with Gasteiger partial charge >= 0.3 is 0 Å². The van der Waals surface area contributed by atoms with Crippen LogP contribution < -0.4 is 10.6 Å². The van der Waals surface area contributed by atoms with Gasteiger partial charge < -0.3 is 10.6 Å². The van der Waals surface area contributed by atoms with Crippen LogP contribution in [0.5, 0.6) is 0 Å². The molecule has 98 valence electrons. The summed E-state index contributed by atoms with van der Waals surface area (Å²) in [5.41, 5.74) is 0.458. The van der Waals surface area contributed by atoms with Gasteiger partial charge in [-0.05, 0) is 66.3 Å². The Morgan fingerprint density at radius 1 is 1.61 bits per heavy atom. The first-order valence-electron chi connectivity index (χ1n) is 6.37. The molecule has 1 aromatic rings. The van der Waals surface area contributed by atoms with Crippen molar-refractivity contribution in [2.75, 3.05) is 19.6 Å². The third-order valence-electron chi connectivity index (χ3n) is 3.21. The summed E-state index contributed by atoms with van der Waals surface area (Å²) in [4.78, 5) is 16.0. The van der Waals surface area contributed by atoms with E-state index in [1.807, 2.05) is 6.07 Å². The molecule has 4 nitrogen and oxygen atoms in total. The first-order valence-corrected chi connectivity index (χ1v) is 7.16. The summed E-state index contributed by atoms with van der Waals surface area (Å²) in [6.07, 6.45) is 5.16. The minimum Gasteiger partial charge on any atom is -0.351 e. The largest absolute Gasteiger partial charge is 0.351 e. The van der Waals surface area contributed by atoms with Gasteiger partial charge in [-0.1, -0.05) is 0 Å². The molecule has 0 bridgehead atoms. The minimum absolute atomic E-state index is 0.105. The Labute approximate surface area is 116 Å². The molecule has 1 amide bonds. The van der Waals surface area contributed by atoms with Gasteiger partial charge in [0.15, 0.2) is 0 Å². The van der Waals surface area contributed by atoms with Crippen LogP contribution in [-0.2, 0) is 0 Å². The molecule has 1 aliphatic heterocycles. The fourth-order valence-electron chi connectivity index (χ4n) is 2.20. The van der Waals surface area contributed by atoms with E-state index in [1.54, 1.807) is 12.3 Å². The van der Waals surface area contributed by atoms with Crippen molar-refractivity contribution in [3.63, 3.8) is 0 Å². The number of hydrogen-bond donors (Lipinski definition) is 2. The maximum atomic E-state index is 11.9. The van der Waals surface area contributed by atoms with Crippen LogP contribution in [0, 0.1) is 5.92 Å². The Balaban J connectivity index is 1.76. The standard InChI is InChI=1S/C13H18BrN3O/c14-11-4-2-7-16-12(11)13(18)17-8-5-10-3-1-6-15-9-10/h2,4,7,10,15H,1,3,5-6,8-9H2,(H,17,18). The number of pyridine rings is 1. The van der Waals surface area contributed by atoms with E-state index in [9.17, 15) is 4.79 Å². The molecular formula is C13H18BrN3O. The molecular weight excluding hydrogens is 294 g/mol. The Bertz CT molecular complexity index is 405. The molecule has 0 aliphatic carbocycles. The summed E-state index contributed by atoms with van der Waals surface area (Å²) in [5, 5.41) is 6.31. The van der Waals surface area contributed by atoms with Crippen LogP contribution in [0.3, 0.4) is 0 Å². The molecule has 1 unspecified atom stereocenters. The molecule has 0 aromatic carbocycles. The predicted molar refractivity (Wildman–Crippen MR) is 74.5 cm³/mol. The zero-order valence-electron chi connectivity index (χ0n) is 10.3. The third kappa shape index (κ3) is 3.78. The molecule has 0 saturated carbocycles.